The van der Waals surface area contributed by atoms with Gasteiger partial charge in [-0.3, -0.25) is 14.2 Å². The minimum Gasteiger partial charge on any atom is -0.497 e. The highest BCUT2D eigenvalue weighted by atomic mass is 16.5. The number of rotatable bonds is 7. The van der Waals surface area contributed by atoms with Crippen LogP contribution in [0, 0.1) is 6.92 Å². The van der Waals surface area contributed by atoms with Crippen molar-refractivity contribution < 1.29 is 14.6 Å². The molecule has 1 amide bonds. The summed E-state index contributed by atoms with van der Waals surface area (Å²) in [5.41, 5.74) is 2.37. The number of amides is 1. The van der Waals surface area contributed by atoms with Crippen LogP contribution < -0.4 is 10.3 Å². The van der Waals surface area contributed by atoms with Crippen LogP contribution in [-0.2, 0) is 11.3 Å². The molecule has 8 nitrogen and oxygen atoms in total. The third-order valence-corrected chi connectivity index (χ3v) is 7.69. The molecule has 1 aliphatic heterocycles. The number of fused-ring (bicyclic) bond motifs is 1. The summed E-state index contributed by atoms with van der Waals surface area (Å²) in [5.74, 6) is 0.999. The molecule has 0 spiro atoms. The zero-order valence-corrected chi connectivity index (χ0v) is 22.1. The number of piperidine rings is 1. The predicted molar refractivity (Wildman–Crippen MR) is 147 cm³/mol. The van der Waals surface area contributed by atoms with E-state index in [9.17, 15) is 14.7 Å². The van der Waals surface area contributed by atoms with Crippen molar-refractivity contribution in [2.45, 2.75) is 51.2 Å². The maximum Gasteiger partial charge on any atom is 0.262 e. The van der Waals surface area contributed by atoms with Gasteiger partial charge in [0.05, 0.1) is 30.3 Å². The van der Waals surface area contributed by atoms with Crippen LogP contribution in [0.3, 0.4) is 0 Å². The molecular formula is C30H34N4O4. The van der Waals surface area contributed by atoms with Gasteiger partial charge in [0.15, 0.2) is 5.65 Å². The Morgan fingerprint density at radius 1 is 1.13 bits per heavy atom. The molecule has 1 aliphatic rings. The molecule has 5 rings (SSSR count). The number of carbonyl (C=O) groups excluding carboxylic acids is 1. The van der Waals surface area contributed by atoms with Crippen LogP contribution in [0.1, 0.15) is 43.2 Å². The maximum absolute atomic E-state index is 13.3. The van der Waals surface area contributed by atoms with Crippen LogP contribution in [-0.4, -0.2) is 55.8 Å². The van der Waals surface area contributed by atoms with E-state index in [1.807, 2.05) is 71.1 Å². The number of aromatic nitrogens is 3. The van der Waals surface area contributed by atoms with Crippen molar-refractivity contribution in [3.63, 3.8) is 0 Å². The highest BCUT2D eigenvalue weighted by molar-refractivity contribution is 5.78. The molecule has 4 aromatic rings. The third-order valence-electron chi connectivity index (χ3n) is 7.69. The van der Waals surface area contributed by atoms with Gasteiger partial charge in [-0.25, -0.2) is 4.98 Å². The van der Waals surface area contributed by atoms with E-state index in [4.69, 9.17) is 4.74 Å². The Hall–Kier alpha value is -3.91. The van der Waals surface area contributed by atoms with E-state index < -0.39 is 5.60 Å². The summed E-state index contributed by atoms with van der Waals surface area (Å²) in [4.78, 5) is 32.6. The minimum atomic E-state index is -1.07. The molecule has 0 saturated carbocycles. The second-order valence-corrected chi connectivity index (χ2v) is 10.4. The second kappa shape index (κ2) is 10.5. The van der Waals surface area contributed by atoms with Gasteiger partial charge in [0.1, 0.15) is 12.1 Å². The van der Waals surface area contributed by atoms with Crippen LogP contribution in [0.4, 0.5) is 0 Å². The number of methoxy groups -OCH3 is 1. The molecule has 0 unspecified atom stereocenters. The molecule has 1 N–H and O–H groups in total. The molecule has 3 heterocycles. The van der Waals surface area contributed by atoms with Gasteiger partial charge in [-0.05, 0) is 61.1 Å². The topological polar surface area (TPSA) is 89.6 Å². The van der Waals surface area contributed by atoms with Crippen LogP contribution in [0.2, 0.25) is 0 Å². The van der Waals surface area contributed by atoms with E-state index in [2.05, 4.69) is 11.9 Å². The summed E-state index contributed by atoms with van der Waals surface area (Å²) in [7, 11) is 1.63. The number of hydrogen-bond donors (Lipinski definition) is 1. The maximum atomic E-state index is 13.3. The summed E-state index contributed by atoms with van der Waals surface area (Å²) in [5, 5.41) is 11.8. The zero-order chi connectivity index (χ0) is 26.9. The molecule has 38 heavy (non-hydrogen) atoms. The molecule has 1 atom stereocenters. The van der Waals surface area contributed by atoms with Gasteiger partial charge < -0.3 is 19.3 Å². The highest BCUT2D eigenvalue weighted by Crippen LogP contribution is 2.27. The fraction of sp³-hybridized carbons (Fsp3) is 0.367. The molecule has 0 aliphatic carbocycles. The lowest BCUT2D eigenvalue weighted by atomic mass is 9.90. The van der Waals surface area contributed by atoms with Crippen molar-refractivity contribution in [2.24, 2.45) is 0 Å². The summed E-state index contributed by atoms with van der Waals surface area (Å²) in [6.45, 7) is 5.12. The van der Waals surface area contributed by atoms with Crippen LogP contribution in [0.25, 0.3) is 16.7 Å². The van der Waals surface area contributed by atoms with Gasteiger partial charge in [-0.2, -0.15) is 0 Å². The number of aliphatic hydroxyl groups is 1. The van der Waals surface area contributed by atoms with Crippen molar-refractivity contribution in [1.29, 1.82) is 0 Å². The average Bonchev–Trinajstić information content (AvgIpc) is 3.35. The summed E-state index contributed by atoms with van der Waals surface area (Å²) in [6, 6.07) is 17.6. The molecule has 8 heteroatoms. The predicted octanol–water partition coefficient (Wildman–Crippen LogP) is 4.05. The lowest BCUT2D eigenvalue weighted by molar-refractivity contribution is -0.136. The molecule has 2 aromatic carbocycles. The fourth-order valence-electron chi connectivity index (χ4n) is 5.32. The van der Waals surface area contributed by atoms with Gasteiger partial charge in [-0.1, -0.05) is 37.3 Å². The molecule has 0 bridgehead atoms. The molecule has 1 saturated heterocycles. The van der Waals surface area contributed by atoms with E-state index in [0.29, 0.717) is 43.4 Å². The molecule has 1 fully saturated rings. The van der Waals surface area contributed by atoms with Crippen molar-refractivity contribution in [3.8, 4) is 11.4 Å². The number of aryl methyl sites for hydroxylation is 1. The Morgan fingerprint density at radius 2 is 1.87 bits per heavy atom. The standard InChI is InChI=1S/C30H34N4O4/c1-21(23-7-5-4-6-8-23)18-27(35)32-15-12-30(37,13-16-32)19-33-20-31-28-25(29(33)36)11-14-34(28)26-10-9-24(38-3)17-22(26)2/h4-11,14,17,20-21,37H,12-13,15-16,18-19H2,1-3H3/t21-/m1/s1. The Balaban J connectivity index is 1.27. The quantitative estimate of drug-likeness (QED) is 0.402. The number of carbonyl (C=O) groups is 1. The van der Waals surface area contributed by atoms with E-state index in [0.717, 1.165) is 22.6 Å². The molecular weight excluding hydrogens is 480 g/mol. The highest BCUT2D eigenvalue weighted by Gasteiger charge is 2.35. The minimum absolute atomic E-state index is 0.0961. The van der Waals surface area contributed by atoms with E-state index in [1.54, 1.807) is 13.2 Å². The first kappa shape index (κ1) is 25.7. The second-order valence-electron chi connectivity index (χ2n) is 10.4. The fourth-order valence-corrected chi connectivity index (χ4v) is 5.32. The largest absolute Gasteiger partial charge is 0.497 e. The first-order valence-corrected chi connectivity index (χ1v) is 13.0. The average molecular weight is 515 g/mol. The van der Waals surface area contributed by atoms with E-state index in [1.165, 1.54) is 10.9 Å². The van der Waals surface area contributed by atoms with Crippen molar-refractivity contribution in [3.05, 3.63) is 88.6 Å². The molecule has 2 aromatic heterocycles. The van der Waals surface area contributed by atoms with E-state index in [-0.39, 0.29) is 23.9 Å². The number of ether oxygens (including phenoxy) is 1. The number of nitrogens with zero attached hydrogens (tertiary/aromatic N) is 4. The Morgan fingerprint density at radius 3 is 2.55 bits per heavy atom. The Bertz CT molecular complexity index is 1500. The van der Waals surface area contributed by atoms with Crippen molar-refractivity contribution in [2.75, 3.05) is 20.2 Å². The first-order chi connectivity index (χ1) is 18.3. The van der Waals surface area contributed by atoms with Crippen molar-refractivity contribution >= 4 is 16.9 Å². The smallest absolute Gasteiger partial charge is 0.262 e. The molecule has 198 valence electrons. The number of benzene rings is 2. The van der Waals surface area contributed by atoms with Crippen LogP contribution in [0.15, 0.2) is 71.9 Å². The first-order valence-electron chi connectivity index (χ1n) is 13.0. The Kier molecular flexibility index (Phi) is 7.08. The number of likely N-dealkylation sites (tertiary alicyclic amines) is 1. The summed E-state index contributed by atoms with van der Waals surface area (Å²) >= 11 is 0. The van der Waals surface area contributed by atoms with Crippen molar-refractivity contribution in [1.82, 2.24) is 19.0 Å². The zero-order valence-electron chi connectivity index (χ0n) is 22.1. The van der Waals surface area contributed by atoms with Gasteiger partial charge in [0, 0.05) is 25.7 Å². The van der Waals surface area contributed by atoms with Gasteiger partial charge in [0.25, 0.3) is 5.56 Å². The van der Waals surface area contributed by atoms with E-state index >= 15 is 0 Å². The Labute approximate surface area is 222 Å². The lowest BCUT2D eigenvalue weighted by Crippen LogP contribution is -2.49. The van der Waals surface area contributed by atoms with Gasteiger partial charge in [0.2, 0.25) is 5.91 Å². The van der Waals surface area contributed by atoms with Gasteiger partial charge in [-0.15, -0.1) is 0 Å². The lowest BCUT2D eigenvalue weighted by Gasteiger charge is -2.38. The monoisotopic (exact) mass is 514 g/mol. The van der Waals surface area contributed by atoms with Gasteiger partial charge >= 0.3 is 0 Å². The normalized spacial score (nSPS) is 15.9. The SMILES string of the molecule is COc1ccc(-n2ccc3c(=O)n(CC4(O)CCN(C(=O)C[C@@H](C)c5ccccc5)CC4)cnc32)c(C)c1. The third kappa shape index (κ3) is 5.09. The van der Waals surface area contributed by atoms with Crippen LogP contribution >= 0.6 is 0 Å². The summed E-state index contributed by atoms with van der Waals surface area (Å²) < 4.78 is 8.69. The number of hydrogen-bond acceptors (Lipinski definition) is 5. The van der Waals surface area contributed by atoms with Crippen LogP contribution in [0.5, 0.6) is 5.75 Å². The molecule has 0 radical (unpaired) electrons. The summed E-state index contributed by atoms with van der Waals surface area (Å²) in [6.07, 6.45) is 4.61.